The van der Waals surface area contributed by atoms with E-state index < -0.39 is 0 Å². The van der Waals surface area contributed by atoms with Gasteiger partial charge in [-0.2, -0.15) is 0 Å². The van der Waals surface area contributed by atoms with E-state index in [9.17, 15) is 0 Å². The molecular formula is CH4Cl2N4S. The van der Waals surface area contributed by atoms with Crippen molar-refractivity contribution in [3.8, 4) is 0 Å². The molecule has 0 bridgehead atoms. The highest BCUT2D eigenvalue weighted by atomic mass is 35.5. The number of hydrazine groups is 2. The maximum Gasteiger partial charge on any atom is 0.197 e. The van der Waals surface area contributed by atoms with Crippen LogP contribution in [0.3, 0.4) is 0 Å². The summed E-state index contributed by atoms with van der Waals surface area (Å²) in [5, 5.41) is 0.148. The van der Waals surface area contributed by atoms with Gasteiger partial charge in [0.25, 0.3) is 0 Å². The van der Waals surface area contributed by atoms with Gasteiger partial charge < -0.3 is 0 Å². The number of halogens is 2. The molecule has 0 saturated carbocycles. The Kier molecular flexibility index (Phi) is 4.20. The second-order valence-corrected chi connectivity index (χ2v) is 2.08. The molecule has 0 spiro atoms. The Balaban J connectivity index is 3.25. The number of nitrogens with zero attached hydrogens (tertiary/aromatic N) is 1. The Bertz CT molecular complexity index is 84.1. The minimum absolute atomic E-state index is 0.148. The van der Waals surface area contributed by atoms with Crippen molar-refractivity contribution < 1.29 is 0 Å². The highest BCUT2D eigenvalue weighted by molar-refractivity contribution is 7.80. The van der Waals surface area contributed by atoms with Gasteiger partial charge in [-0.3, -0.25) is 10.9 Å². The predicted molar refractivity (Wildman–Crippen MR) is 36.6 cm³/mol. The van der Waals surface area contributed by atoms with Crippen molar-refractivity contribution in [3.05, 3.63) is 0 Å². The van der Waals surface area contributed by atoms with E-state index in [-0.39, 0.29) is 5.11 Å². The van der Waals surface area contributed by atoms with Crippen LogP contribution in [0.25, 0.3) is 0 Å². The van der Waals surface area contributed by atoms with Crippen LogP contribution in [0.4, 0.5) is 0 Å². The van der Waals surface area contributed by atoms with Gasteiger partial charge in [0.1, 0.15) is 0 Å². The standard InChI is InChI=1S/CH4Cl2N4S/c2-7(3)6-1(8)5-4/h4H2,(H2,5,6,8). The molecule has 0 rings (SSSR count). The van der Waals surface area contributed by atoms with E-state index in [0.29, 0.717) is 4.05 Å². The van der Waals surface area contributed by atoms with Crippen molar-refractivity contribution in [2.75, 3.05) is 0 Å². The second kappa shape index (κ2) is 4.11. The maximum absolute atomic E-state index is 5.06. The molecule has 0 aliphatic rings. The summed E-state index contributed by atoms with van der Waals surface area (Å²) >= 11 is 14.6. The zero-order valence-corrected chi connectivity index (χ0v) is 6.02. The molecule has 0 aromatic heterocycles. The summed E-state index contributed by atoms with van der Waals surface area (Å²) in [6.45, 7) is 0. The van der Waals surface area contributed by atoms with E-state index in [0.717, 1.165) is 0 Å². The third-order valence-electron chi connectivity index (χ3n) is 0.317. The molecule has 7 heteroatoms. The number of hydrogen-bond acceptors (Lipinski definition) is 3. The summed E-state index contributed by atoms with van der Waals surface area (Å²) in [5.74, 6) is 4.82. The summed E-state index contributed by atoms with van der Waals surface area (Å²) < 4.78 is 0.641. The van der Waals surface area contributed by atoms with Crippen molar-refractivity contribution in [3.63, 3.8) is 0 Å². The molecule has 4 nitrogen and oxygen atoms in total. The van der Waals surface area contributed by atoms with E-state index in [1.807, 2.05) is 0 Å². The minimum atomic E-state index is 0.148. The van der Waals surface area contributed by atoms with Crippen LogP contribution in [0.2, 0.25) is 0 Å². The summed E-state index contributed by atoms with van der Waals surface area (Å²) in [7, 11) is 0. The largest absolute Gasteiger partial charge is 0.300 e. The van der Waals surface area contributed by atoms with Crippen LogP contribution in [0.5, 0.6) is 0 Å². The van der Waals surface area contributed by atoms with Crippen LogP contribution in [-0.4, -0.2) is 9.16 Å². The van der Waals surface area contributed by atoms with E-state index in [1.165, 1.54) is 0 Å². The van der Waals surface area contributed by atoms with E-state index in [2.05, 4.69) is 23.1 Å². The van der Waals surface area contributed by atoms with Crippen LogP contribution in [0.15, 0.2) is 0 Å². The lowest BCUT2D eigenvalue weighted by Gasteiger charge is -2.06. The maximum atomic E-state index is 5.06. The Hall–Kier alpha value is 0.190. The van der Waals surface area contributed by atoms with Gasteiger partial charge in [0, 0.05) is 23.6 Å². The van der Waals surface area contributed by atoms with Gasteiger partial charge in [0.15, 0.2) is 5.11 Å². The molecule has 4 N–H and O–H groups in total. The normalized spacial score (nSPS) is 9.00. The Morgan fingerprint density at radius 1 is 1.62 bits per heavy atom. The highest BCUT2D eigenvalue weighted by Gasteiger charge is 1.93. The lowest BCUT2D eigenvalue weighted by Crippen LogP contribution is -2.42. The van der Waals surface area contributed by atoms with Crippen molar-refractivity contribution >= 4 is 40.9 Å². The molecule has 0 heterocycles. The van der Waals surface area contributed by atoms with Gasteiger partial charge in [-0.05, 0) is 16.3 Å². The fraction of sp³-hybridized carbons (Fsp3) is 0. The van der Waals surface area contributed by atoms with Gasteiger partial charge in [-0.15, -0.1) is 0 Å². The molecule has 0 aromatic carbocycles. The quantitative estimate of drug-likeness (QED) is 0.224. The molecule has 0 aliphatic heterocycles. The first kappa shape index (κ1) is 8.19. The Labute approximate surface area is 62.1 Å². The van der Waals surface area contributed by atoms with E-state index in [4.69, 9.17) is 29.4 Å². The molecular weight excluding hydrogens is 171 g/mol. The number of nitrogens with one attached hydrogen (secondary N) is 2. The van der Waals surface area contributed by atoms with Crippen molar-refractivity contribution in [2.45, 2.75) is 0 Å². The van der Waals surface area contributed by atoms with Crippen LogP contribution in [0.1, 0.15) is 0 Å². The van der Waals surface area contributed by atoms with Crippen LogP contribution in [-0.2, 0) is 0 Å². The zero-order chi connectivity index (χ0) is 6.57. The van der Waals surface area contributed by atoms with Gasteiger partial charge in [0.2, 0.25) is 0 Å². The van der Waals surface area contributed by atoms with E-state index >= 15 is 0 Å². The molecule has 0 aromatic rings. The molecule has 8 heavy (non-hydrogen) atoms. The first-order valence-corrected chi connectivity index (χ1v) is 2.64. The summed E-state index contributed by atoms with van der Waals surface area (Å²) in [6.07, 6.45) is 0. The van der Waals surface area contributed by atoms with Crippen LogP contribution in [0, 0.1) is 0 Å². The SMILES string of the molecule is NNC(=S)NN(Cl)Cl. The first-order chi connectivity index (χ1) is 3.66. The highest BCUT2D eigenvalue weighted by Crippen LogP contribution is 1.89. The molecule has 0 fully saturated rings. The lowest BCUT2D eigenvalue weighted by atomic mass is 11.2. The number of nitrogens with two attached hydrogens (primary N) is 1. The predicted octanol–water partition coefficient (Wildman–Crippen LogP) is -0.151. The molecule has 48 valence electrons. The lowest BCUT2D eigenvalue weighted by molar-refractivity contribution is 0.639. The number of thiocarbonyl (C=S) groups is 1. The third kappa shape index (κ3) is 4.35. The topological polar surface area (TPSA) is 53.3 Å². The van der Waals surface area contributed by atoms with Crippen molar-refractivity contribution in [1.82, 2.24) is 14.9 Å². The second-order valence-electron chi connectivity index (χ2n) is 0.818. The van der Waals surface area contributed by atoms with Crippen molar-refractivity contribution in [1.29, 1.82) is 0 Å². The number of rotatable bonds is 1. The Morgan fingerprint density at radius 3 is 2.25 bits per heavy atom. The summed E-state index contributed by atoms with van der Waals surface area (Å²) in [4.78, 5) is 0. The zero-order valence-electron chi connectivity index (χ0n) is 3.69. The third-order valence-corrected chi connectivity index (χ3v) is 0.695. The molecule has 0 saturated heterocycles. The summed E-state index contributed by atoms with van der Waals surface area (Å²) in [5.41, 5.74) is 4.36. The Morgan fingerprint density at radius 2 is 2.12 bits per heavy atom. The van der Waals surface area contributed by atoms with Crippen molar-refractivity contribution in [2.24, 2.45) is 5.84 Å². The smallest absolute Gasteiger partial charge is 0.197 e. The number of hydrogen-bond donors (Lipinski definition) is 3. The van der Waals surface area contributed by atoms with Crippen LogP contribution >= 0.6 is 35.8 Å². The van der Waals surface area contributed by atoms with Gasteiger partial charge in [0.05, 0.1) is 0 Å². The van der Waals surface area contributed by atoms with Gasteiger partial charge in [-0.25, -0.2) is 5.84 Å². The molecule has 0 unspecified atom stereocenters. The van der Waals surface area contributed by atoms with E-state index in [1.54, 1.807) is 0 Å². The average Bonchev–Trinajstić information content (AvgIpc) is 1.65. The average molecular weight is 175 g/mol. The first-order valence-electron chi connectivity index (χ1n) is 1.55. The van der Waals surface area contributed by atoms with Gasteiger partial charge in [-0.1, -0.05) is 0 Å². The fourth-order valence-corrected chi connectivity index (χ4v) is 0.470. The monoisotopic (exact) mass is 174 g/mol. The van der Waals surface area contributed by atoms with Gasteiger partial charge >= 0.3 is 0 Å². The van der Waals surface area contributed by atoms with Crippen LogP contribution < -0.4 is 16.7 Å². The molecule has 0 aliphatic carbocycles. The minimum Gasteiger partial charge on any atom is -0.300 e. The molecule has 0 amide bonds. The molecule has 0 atom stereocenters. The fourth-order valence-electron chi connectivity index (χ4n) is 0.109. The molecule has 0 radical (unpaired) electrons. The summed E-state index contributed by atoms with van der Waals surface area (Å²) in [6, 6.07) is 0.